The first-order chi connectivity index (χ1) is 14.8. The summed E-state index contributed by atoms with van der Waals surface area (Å²) in [5.74, 6) is -1.46. The highest BCUT2D eigenvalue weighted by molar-refractivity contribution is 6.39. The van der Waals surface area contributed by atoms with Crippen LogP contribution in [0.5, 0.6) is 0 Å². The molecule has 31 heavy (non-hydrogen) atoms. The number of rotatable bonds is 3. The molecule has 1 aliphatic rings. The fourth-order valence-corrected chi connectivity index (χ4v) is 3.55. The number of barbiturate groups is 1. The molecule has 1 aromatic heterocycles. The third-order valence-corrected chi connectivity index (χ3v) is 5.35. The number of nitrogens with one attached hydrogen (secondary N) is 1. The lowest BCUT2D eigenvalue weighted by Gasteiger charge is -2.26. The number of anilines is 1. The first kappa shape index (κ1) is 20.6. The van der Waals surface area contributed by atoms with Gasteiger partial charge in [-0.25, -0.2) is 14.4 Å². The Morgan fingerprint density at radius 3 is 2.16 bits per heavy atom. The molecule has 1 aliphatic heterocycles. The van der Waals surface area contributed by atoms with Crippen molar-refractivity contribution < 1.29 is 14.4 Å². The minimum atomic E-state index is -0.807. The summed E-state index contributed by atoms with van der Waals surface area (Å²) in [5, 5.41) is 7.25. The molecular formula is C23H19ClN4O3. The van der Waals surface area contributed by atoms with Crippen molar-refractivity contribution in [2.75, 3.05) is 4.90 Å². The second kappa shape index (κ2) is 7.85. The minimum absolute atomic E-state index is 0.149. The van der Waals surface area contributed by atoms with Gasteiger partial charge in [0.1, 0.15) is 5.57 Å². The average molecular weight is 435 g/mol. The summed E-state index contributed by atoms with van der Waals surface area (Å²) in [5.41, 5.74) is 4.23. The van der Waals surface area contributed by atoms with Crippen LogP contribution in [0.25, 0.3) is 11.8 Å². The van der Waals surface area contributed by atoms with Crippen LogP contribution in [0.2, 0.25) is 5.02 Å². The van der Waals surface area contributed by atoms with Crippen LogP contribution in [0.4, 0.5) is 10.5 Å². The molecule has 1 saturated heterocycles. The van der Waals surface area contributed by atoms with Crippen LogP contribution in [-0.4, -0.2) is 27.6 Å². The van der Waals surface area contributed by atoms with Crippen molar-refractivity contribution in [1.82, 2.24) is 15.1 Å². The molecule has 3 aromatic rings. The van der Waals surface area contributed by atoms with E-state index in [-0.39, 0.29) is 5.57 Å². The van der Waals surface area contributed by atoms with Gasteiger partial charge in [0, 0.05) is 16.3 Å². The molecule has 2 aromatic carbocycles. The molecule has 7 nitrogen and oxygen atoms in total. The molecule has 156 valence electrons. The van der Waals surface area contributed by atoms with E-state index in [1.807, 2.05) is 38.1 Å². The quantitative estimate of drug-likeness (QED) is 0.496. The normalized spacial score (nSPS) is 15.5. The van der Waals surface area contributed by atoms with Gasteiger partial charge in [-0.05, 0) is 63.2 Å². The molecule has 2 heterocycles. The van der Waals surface area contributed by atoms with Crippen molar-refractivity contribution in [3.63, 3.8) is 0 Å². The summed E-state index contributed by atoms with van der Waals surface area (Å²) in [6.45, 7) is 5.67. The Hall–Kier alpha value is -3.71. The van der Waals surface area contributed by atoms with Gasteiger partial charge < -0.3 is 0 Å². The van der Waals surface area contributed by atoms with Gasteiger partial charge in [-0.15, -0.1) is 0 Å². The fourth-order valence-electron chi connectivity index (χ4n) is 3.43. The van der Waals surface area contributed by atoms with E-state index >= 15 is 0 Å². The third kappa shape index (κ3) is 3.75. The molecule has 4 rings (SSSR count). The van der Waals surface area contributed by atoms with Gasteiger partial charge in [-0.1, -0.05) is 29.3 Å². The molecule has 8 heteroatoms. The van der Waals surface area contributed by atoms with Gasteiger partial charge in [-0.3, -0.25) is 14.9 Å². The highest BCUT2D eigenvalue weighted by Crippen LogP contribution is 2.26. The zero-order valence-electron chi connectivity index (χ0n) is 17.1. The lowest BCUT2D eigenvalue weighted by Crippen LogP contribution is -2.54. The summed E-state index contributed by atoms with van der Waals surface area (Å²) in [4.78, 5) is 38.8. The number of hydrogen-bond acceptors (Lipinski definition) is 4. The Bertz CT molecular complexity index is 1240. The number of hydrogen-bond donors (Lipinski definition) is 1. The predicted octanol–water partition coefficient (Wildman–Crippen LogP) is 4.12. The zero-order valence-corrected chi connectivity index (χ0v) is 17.9. The number of amides is 4. The highest BCUT2D eigenvalue weighted by atomic mass is 35.5. The molecule has 4 amide bonds. The first-order valence-corrected chi connectivity index (χ1v) is 9.94. The Morgan fingerprint density at radius 1 is 0.903 bits per heavy atom. The summed E-state index contributed by atoms with van der Waals surface area (Å²) in [6.07, 6.45) is 1.48. The van der Waals surface area contributed by atoms with Crippen molar-refractivity contribution in [3.8, 4) is 5.69 Å². The fraction of sp³-hybridized carbons (Fsp3) is 0.130. The van der Waals surface area contributed by atoms with Crippen molar-refractivity contribution in [1.29, 1.82) is 0 Å². The molecular weight excluding hydrogens is 416 g/mol. The van der Waals surface area contributed by atoms with Gasteiger partial charge in [0.2, 0.25) is 0 Å². The molecule has 1 N–H and O–H groups in total. The van der Waals surface area contributed by atoms with Gasteiger partial charge in [0.05, 0.1) is 17.1 Å². The summed E-state index contributed by atoms with van der Waals surface area (Å²) < 4.78 is 1.76. The largest absolute Gasteiger partial charge is 0.335 e. The van der Waals surface area contributed by atoms with Crippen LogP contribution in [0, 0.1) is 20.8 Å². The smallest absolute Gasteiger partial charge is 0.273 e. The first-order valence-electron chi connectivity index (χ1n) is 9.56. The second-order valence-corrected chi connectivity index (χ2v) is 7.70. The van der Waals surface area contributed by atoms with Crippen LogP contribution in [0.15, 0.2) is 54.1 Å². The van der Waals surface area contributed by atoms with Crippen LogP contribution in [0.3, 0.4) is 0 Å². The number of carbonyl (C=O) groups is 3. The summed E-state index contributed by atoms with van der Waals surface area (Å²) >= 11 is 5.90. The second-order valence-electron chi connectivity index (χ2n) is 7.27. The van der Waals surface area contributed by atoms with E-state index in [4.69, 9.17) is 11.6 Å². The molecule has 1 fully saturated rings. The van der Waals surface area contributed by atoms with Gasteiger partial charge >= 0.3 is 6.03 Å². The van der Waals surface area contributed by atoms with Crippen molar-refractivity contribution in [2.45, 2.75) is 20.8 Å². The van der Waals surface area contributed by atoms with Crippen LogP contribution < -0.4 is 10.2 Å². The number of imide groups is 2. The van der Waals surface area contributed by atoms with E-state index in [2.05, 4.69) is 10.4 Å². The molecule has 0 spiro atoms. The monoisotopic (exact) mass is 434 g/mol. The molecule has 0 saturated carbocycles. The van der Waals surface area contributed by atoms with E-state index in [0.29, 0.717) is 22.0 Å². The van der Waals surface area contributed by atoms with E-state index in [1.54, 1.807) is 35.9 Å². The van der Waals surface area contributed by atoms with Crippen LogP contribution in [0.1, 0.15) is 22.5 Å². The number of benzene rings is 2. The summed E-state index contributed by atoms with van der Waals surface area (Å²) in [7, 11) is 0. The van der Waals surface area contributed by atoms with Crippen molar-refractivity contribution >= 4 is 41.2 Å². The number of halogens is 1. The lowest BCUT2D eigenvalue weighted by molar-refractivity contribution is -0.122. The molecule has 0 atom stereocenters. The SMILES string of the molecule is Cc1ccc(-n2nc(C)c(/C=C3/C(=O)NC(=O)N(c4ccc(Cl)cc4)C3=O)c2C)cc1. The number of carbonyl (C=O) groups excluding carboxylic acids is 3. The Kier molecular flexibility index (Phi) is 5.20. The van der Waals surface area contributed by atoms with Gasteiger partial charge in [-0.2, -0.15) is 5.10 Å². The maximum atomic E-state index is 13.1. The number of urea groups is 1. The molecule has 0 radical (unpaired) electrons. The Labute approximate surface area is 183 Å². The van der Waals surface area contributed by atoms with Gasteiger partial charge in [0.15, 0.2) is 0 Å². The van der Waals surface area contributed by atoms with Crippen molar-refractivity contribution in [3.05, 3.63) is 81.6 Å². The molecule has 0 aliphatic carbocycles. The van der Waals surface area contributed by atoms with E-state index in [1.165, 1.54) is 6.08 Å². The maximum absolute atomic E-state index is 13.1. The van der Waals surface area contributed by atoms with Crippen LogP contribution in [-0.2, 0) is 9.59 Å². The third-order valence-electron chi connectivity index (χ3n) is 5.10. The highest BCUT2D eigenvalue weighted by Gasteiger charge is 2.37. The standard InChI is InChI=1S/C23H19ClN4O3/c1-13-4-8-18(9-5-13)28-15(3)19(14(2)26-28)12-20-21(29)25-23(31)27(22(20)30)17-10-6-16(24)7-11-17/h4-12H,1-3H3,(H,25,29,31)/b20-12-. The predicted molar refractivity (Wildman–Crippen MR) is 118 cm³/mol. The van der Waals surface area contributed by atoms with Gasteiger partial charge in [0.25, 0.3) is 11.8 Å². The molecule has 0 bridgehead atoms. The minimum Gasteiger partial charge on any atom is -0.273 e. The van der Waals surface area contributed by atoms with Crippen LogP contribution >= 0.6 is 11.6 Å². The number of aryl methyl sites for hydroxylation is 2. The number of nitrogens with zero attached hydrogens (tertiary/aromatic N) is 3. The van der Waals surface area contributed by atoms with Crippen molar-refractivity contribution in [2.24, 2.45) is 0 Å². The number of aromatic nitrogens is 2. The molecule has 0 unspecified atom stereocenters. The van der Waals surface area contributed by atoms with E-state index in [0.717, 1.165) is 21.8 Å². The zero-order chi connectivity index (χ0) is 22.3. The Balaban J connectivity index is 1.76. The van der Waals surface area contributed by atoms with E-state index < -0.39 is 17.8 Å². The lowest BCUT2D eigenvalue weighted by atomic mass is 10.1. The topological polar surface area (TPSA) is 84.3 Å². The summed E-state index contributed by atoms with van der Waals surface area (Å²) in [6, 6.07) is 13.3. The Morgan fingerprint density at radius 2 is 1.52 bits per heavy atom. The maximum Gasteiger partial charge on any atom is 0.335 e. The van der Waals surface area contributed by atoms with E-state index in [9.17, 15) is 14.4 Å². The average Bonchev–Trinajstić information content (AvgIpc) is 3.01.